The van der Waals surface area contributed by atoms with Crippen LogP contribution in [0.15, 0.2) is 10.7 Å². The van der Waals surface area contributed by atoms with Crippen LogP contribution in [0.3, 0.4) is 0 Å². The summed E-state index contributed by atoms with van der Waals surface area (Å²) in [6, 6.07) is 0. The van der Waals surface area contributed by atoms with E-state index < -0.39 is 5.97 Å². The molecule has 0 N–H and O–H groups in total. The third-order valence-corrected chi connectivity index (χ3v) is 4.40. The lowest BCUT2D eigenvalue weighted by Gasteiger charge is -2.21. The van der Waals surface area contributed by atoms with Crippen LogP contribution in [-0.2, 0) is 20.8 Å². The Balaban J connectivity index is 2.48. The molecular weight excluding hydrogens is 348 g/mol. The van der Waals surface area contributed by atoms with Crippen LogP contribution in [0.2, 0.25) is 0 Å². The minimum absolute atomic E-state index is 0.0810. The Bertz CT molecular complexity index is 544. The summed E-state index contributed by atoms with van der Waals surface area (Å²) in [5, 5.41) is 0. The lowest BCUT2D eigenvalue weighted by atomic mass is 10.1. The van der Waals surface area contributed by atoms with Gasteiger partial charge >= 0.3 is 5.97 Å². The molecule has 0 aliphatic heterocycles. The second-order valence-electron chi connectivity index (χ2n) is 6.65. The Hall–Kier alpha value is -1.89. The van der Waals surface area contributed by atoms with Crippen molar-refractivity contribution in [3.8, 4) is 0 Å². The first-order valence-corrected chi connectivity index (χ1v) is 9.91. The molecule has 0 unspecified atom stereocenters. The number of esters is 1. The summed E-state index contributed by atoms with van der Waals surface area (Å²) in [5.74, 6) is -0.136. The first-order chi connectivity index (χ1) is 13.1. The molecule has 7 heteroatoms. The van der Waals surface area contributed by atoms with Gasteiger partial charge in [-0.2, -0.15) is 0 Å². The van der Waals surface area contributed by atoms with E-state index in [4.69, 9.17) is 9.15 Å². The van der Waals surface area contributed by atoms with E-state index in [9.17, 15) is 9.59 Å². The zero-order valence-corrected chi connectivity index (χ0v) is 17.0. The van der Waals surface area contributed by atoms with Gasteiger partial charge in [0.15, 0.2) is 5.69 Å². The number of ether oxygens (including phenoxy) is 2. The van der Waals surface area contributed by atoms with E-state index in [-0.39, 0.29) is 18.1 Å². The lowest BCUT2D eigenvalue weighted by molar-refractivity contribution is -0.132. The molecule has 0 saturated heterocycles. The van der Waals surface area contributed by atoms with Crippen molar-refractivity contribution in [2.45, 2.75) is 71.3 Å². The van der Waals surface area contributed by atoms with Crippen LogP contribution in [0, 0.1) is 0 Å². The van der Waals surface area contributed by atoms with E-state index >= 15 is 0 Å². The Morgan fingerprint density at radius 1 is 1.07 bits per heavy atom. The van der Waals surface area contributed by atoms with Gasteiger partial charge in [0, 0.05) is 26.7 Å². The van der Waals surface area contributed by atoms with Crippen LogP contribution in [0.4, 0.5) is 0 Å². The number of carbonyl (C=O) groups is 2. The molecule has 0 aromatic carbocycles. The smallest absolute Gasteiger partial charge is 0.360 e. The maximum atomic E-state index is 12.6. The van der Waals surface area contributed by atoms with E-state index in [0.29, 0.717) is 25.5 Å². The highest BCUT2D eigenvalue weighted by atomic mass is 16.5. The van der Waals surface area contributed by atoms with Gasteiger partial charge in [0.1, 0.15) is 6.26 Å². The van der Waals surface area contributed by atoms with Crippen LogP contribution in [0.1, 0.15) is 81.1 Å². The van der Waals surface area contributed by atoms with Crippen molar-refractivity contribution in [2.75, 3.05) is 27.4 Å². The number of hydrogen-bond acceptors (Lipinski definition) is 6. The summed E-state index contributed by atoms with van der Waals surface area (Å²) in [6.07, 6.45) is 10.7. The van der Waals surface area contributed by atoms with Crippen LogP contribution in [-0.4, -0.2) is 49.1 Å². The number of hydrogen-bond donors (Lipinski definition) is 0. The molecule has 0 atom stereocenters. The van der Waals surface area contributed by atoms with Gasteiger partial charge in [-0.05, 0) is 12.8 Å². The normalized spacial score (nSPS) is 10.8. The third kappa shape index (κ3) is 9.56. The molecule has 0 aliphatic rings. The Kier molecular flexibility index (Phi) is 12.2. The fourth-order valence-electron chi connectivity index (χ4n) is 2.83. The summed E-state index contributed by atoms with van der Waals surface area (Å²) in [7, 11) is 2.93. The topological polar surface area (TPSA) is 81.9 Å². The highest BCUT2D eigenvalue weighted by Gasteiger charge is 2.18. The quantitative estimate of drug-likeness (QED) is 0.337. The van der Waals surface area contributed by atoms with Crippen molar-refractivity contribution < 1.29 is 23.5 Å². The molecule has 0 radical (unpaired) electrons. The molecular formula is C20H34N2O5. The molecule has 0 saturated carbocycles. The molecule has 1 heterocycles. The third-order valence-electron chi connectivity index (χ3n) is 4.40. The monoisotopic (exact) mass is 382 g/mol. The number of aromatic nitrogens is 1. The molecule has 154 valence electrons. The SMILES string of the molecule is CCCCCCCCCC(=O)N(CCCOC)Cc1nc(C(=O)OC)co1. The van der Waals surface area contributed by atoms with E-state index in [0.717, 1.165) is 19.3 Å². The molecule has 27 heavy (non-hydrogen) atoms. The molecule has 1 amide bonds. The fraction of sp³-hybridized carbons (Fsp3) is 0.750. The fourth-order valence-corrected chi connectivity index (χ4v) is 2.83. The average Bonchev–Trinajstić information content (AvgIpc) is 3.14. The average molecular weight is 383 g/mol. The Morgan fingerprint density at radius 2 is 1.78 bits per heavy atom. The zero-order valence-electron chi connectivity index (χ0n) is 17.0. The first kappa shape index (κ1) is 23.1. The van der Waals surface area contributed by atoms with Crippen molar-refractivity contribution in [3.63, 3.8) is 0 Å². The molecule has 0 fully saturated rings. The van der Waals surface area contributed by atoms with E-state index in [2.05, 4.69) is 16.6 Å². The molecule has 0 spiro atoms. The van der Waals surface area contributed by atoms with Crippen molar-refractivity contribution in [1.82, 2.24) is 9.88 Å². The molecule has 7 nitrogen and oxygen atoms in total. The van der Waals surface area contributed by atoms with E-state index in [1.54, 1.807) is 12.0 Å². The second-order valence-corrected chi connectivity index (χ2v) is 6.65. The standard InChI is InChI=1S/C20H34N2O5/c1-4-5-6-7-8-9-10-12-19(23)22(13-11-14-25-2)15-18-21-17(16-27-18)20(24)26-3/h16H,4-15H2,1-3H3. The first-order valence-electron chi connectivity index (χ1n) is 9.91. The summed E-state index contributed by atoms with van der Waals surface area (Å²) in [4.78, 5) is 29.9. The van der Waals surface area contributed by atoms with Crippen molar-refractivity contribution in [3.05, 3.63) is 17.8 Å². The number of carbonyl (C=O) groups excluding carboxylic acids is 2. The molecule has 0 bridgehead atoms. The molecule has 1 rings (SSSR count). The molecule has 1 aromatic rings. The minimum Gasteiger partial charge on any atom is -0.464 e. The highest BCUT2D eigenvalue weighted by Crippen LogP contribution is 2.12. The molecule has 1 aromatic heterocycles. The number of amides is 1. The van der Waals surface area contributed by atoms with E-state index in [1.807, 2.05) is 0 Å². The van der Waals surface area contributed by atoms with Crippen molar-refractivity contribution >= 4 is 11.9 Å². The Labute approximate surface area is 162 Å². The van der Waals surface area contributed by atoms with Crippen LogP contribution >= 0.6 is 0 Å². The van der Waals surface area contributed by atoms with Gasteiger partial charge in [-0.25, -0.2) is 9.78 Å². The maximum absolute atomic E-state index is 12.6. The van der Waals surface area contributed by atoms with Gasteiger partial charge in [-0.1, -0.05) is 45.4 Å². The molecule has 0 aliphatic carbocycles. The van der Waals surface area contributed by atoms with Gasteiger partial charge in [-0.15, -0.1) is 0 Å². The minimum atomic E-state index is -0.551. The van der Waals surface area contributed by atoms with Gasteiger partial charge in [0.2, 0.25) is 11.8 Å². The number of rotatable bonds is 15. The number of unbranched alkanes of at least 4 members (excludes halogenated alkanes) is 6. The van der Waals surface area contributed by atoms with Crippen molar-refractivity contribution in [2.24, 2.45) is 0 Å². The predicted octanol–water partition coefficient (Wildman–Crippen LogP) is 3.97. The summed E-state index contributed by atoms with van der Waals surface area (Å²) < 4.78 is 15.0. The summed E-state index contributed by atoms with van der Waals surface area (Å²) in [5.41, 5.74) is 0.115. The van der Waals surface area contributed by atoms with Crippen LogP contribution < -0.4 is 0 Å². The van der Waals surface area contributed by atoms with Crippen LogP contribution in [0.5, 0.6) is 0 Å². The Morgan fingerprint density at radius 3 is 2.44 bits per heavy atom. The summed E-state index contributed by atoms with van der Waals surface area (Å²) >= 11 is 0. The number of oxazole rings is 1. The van der Waals surface area contributed by atoms with E-state index in [1.165, 1.54) is 45.5 Å². The summed E-state index contributed by atoms with van der Waals surface area (Å²) in [6.45, 7) is 3.61. The second kappa shape index (κ2) is 14.2. The van der Waals surface area contributed by atoms with Crippen LogP contribution in [0.25, 0.3) is 0 Å². The zero-order chi connectivity index (χ0) is 19.9. The number of nitrogens with zero attached hydrogens (tertiary/aromatic N) is 2. The number of methoxy groups -OCH3 is 2. The largest absolute Gasteiger partial charge is 0.464 e. The van der Waals surface area contributed by atoms with Gasteiger partial charge in [0.25, 0.3) is 0 Å². The highest BCUT2D eigenvalue weighted by molar-refractivity contribution is 5.86. The van der Waals surface area contributed by atoms with Gasteiger partial charge < -0.3 is 18.8 Å². The predicted molar refractivity (Wildman–Crippen MR) is 102 cm³/mol. The van der Waals surface area contributed by atoms with Gasteiger partial charge in [-0.3, -0.25) is 4.79 Å². The maximum Gasteiger partial charge on any atom is 0.360 e. The lowest BCUT2D eigenvalue weighted by Crippen LogP contribution is -2.32. The van der Waals surface area contributed by atoms with Crippen molar-refractivity contribution in [1.29, 1.82) is 0 Å². The van der Waals surface area contributed by atoms with Gasteiger partial charge in [0.05, 0.1) is 13.7 Å².